The smallest absolute Gasteiger partial charge is 0.178 e. The van der Waals surface area contributed by atoms with E-state index in [0.717, 1.165) is 11.3 Å². The SMILES string of the molecule is CCS(=O)(=O)c1cccc(-c2cnc[nH]2)c1. The van der Waals surface area contributed by atoms with Crippen LogP contribution in [0.5, 0.6) is 0 Å². The molecule has 0 bridgehead atoms. The lowest BCUT2D eigenvalue weighted by Crippen LogP contribution is -2.03. The van der Waals surface area contributed by atoms with E-state index in [9.17, 15) is 8.42 Å². The van der Waals surface area contributed by atoms with E-state index in [0.29, 0.717) is 4.90 Å². The number of nitrogens with one attached hydrogen (secondary N) is 1. The summed E-state index contributed by atoms with van der Waals surface area (Å²) in [6, 6.07) is 6.85. The van der Waals surface area contributed by atoms with Crippen molar-refractivity contribution in [2.45, 2.75) is 11.8 Å². The van der Waals surface area contributed by atoms with Crippen LogP contribution in [-0.4, -0.2) is 24.1 Å². The summed E-state index contributed by atoms with van der Waals surface area (Å²) in [6.45, 7) is 1.64. The third kappa shape index (κ3) is 1.99. The van der Waals surface area contributed by atoms with Gasteiger partial charge in [-0.2, -0.15) is 0 Å². The van der Waals surface area contributed by atoms with Crippen molar-refractivity contribution in [1.82, 2.24) is 9.97 Å². The van der Waals surface area contributed by atoms with Gasteiger partial charge < -0.3 is 4.98 Å². The molecule has 0 radical (unpaired) electrons. The molecule has 4 nitrogen and oxygen atoms in total. The van der Waals surface area contributed by atoms with Crippen LogP contribution in [0.15, 0.2) is 41.7 Å². The average molecular weight is 236 g/mol. The summed E-state index contributed by atoms with van der Waals surface area (Å²) in [4.78, 5) is 7.20. The first kappa shape index (κ1) is 10.9. The Kier molecular flexibility index (Phi) is 2.78. The Bertz CT molecular complexity index is 574. The Balaban J connectivity index is 2.50. The molecule has 2 aromatic rings. The second-order valence-electron chi connectivity index (χ2n) is 3.40. The Morgan fingerprint density at radius 2 is 2.19 bits per heavy atom. The fourth-order valence-electron chi connectivity index (χ4n) is 1.44. The third-order valence-corrected chi connectivity index (χ3v) is 4.11. The lowest BCUT2D eigenvalue weighted by Gasteiger charge is -2.03. The summed E-state index contributed by atoms with van der Waals surface area (Å²) in [5, 5.41) is 0. The van der Waals surface area contributed by atoms with Crippen LogP contribution in [0.4, 0.5) is 0 Å². The van der Waals surface area contributed by atoms with Gasteiger partial charge in [-0.05, 0) is 12.1 Å². The summed E-state index contributed by atoms with van der Waals surface area (Å²) in [7, 11) is -3.15. The molecule has 0 aliphatic heterocycles. The molecular formula is C11H12N2O2S. The zero-order chi connectivity index (χ0) is 11.6. The molecule has 5 heteroatoms. The Hall–Kier alpha value is -1.62. The van der Waals surface area contributed by atoms with Gasteiger partial charge in [0, 0.05) is 5.56 Å². The normalized spacial score (nSPS) is 11.6. The molecule has 0 spiro atoms. The number of aromatic nitrogens is 2. The number of benzene rings is 1. The quantitative estimate of drug-likeness (QED) is 0.884. The van der Waals surface area contributed by atoms with E-state index in [1.807, 2.05) is 6.07 Å². The van der Waals surface area contributed by atoms with E-state index in [1.54, 1.807) is 37.6 Å². The third-order valence-electron chi connectivity index (χ3n) is 2.38. The maximum Gasteiger partial charge on any atom is 0.178 e. The molecule has 1 N–H and O–H groups in total. The first-order valence-corrected chi connectivity index (χ1v) is 6.60. The van der Waals surface area contributed by atoms with Crippen molar-refractivity contribution in [2.24, 2.45) is 0 Å². The molecule has 1 aromatic carbocycles. The van der Waals surface area contributed by atoms with Crippen molar-refractivity contribution in [1.29, 1.82) is 0 Å². The Labute approximate surface area is 94.3 Å². The minimum absolute atomic E-state index is 0.111. The molecule has 0 atom stereocenters. The fourth-order valence-corrected chi connectivity index (χ4v) is 2.36. The van der Waals surface area contributed by atoms with E-state index in [-0.39, 0.29) is 5.75 Å². The minimum atomic E-state index is -3.15. The van der Waals surface area contributed by atoms with Crippen LogP contribution < -0.4 is 0 Å². The van der Waals surface area contributed by atoms with Crippen molar-refractivity contribution in [3.05, 3.63) is 36.8 Å². The summed E-state index contributed by atoms with van der Waals surface area (Å²) in [6.07, 6.45) is 3.23. The van der Waals surface area contributed by atoms with Crippen LogP contribution in [0.2, 0.25) is 0 Å². The van der Waals surface area contributed by atoms with E-state index in [4.69, 9.17) is 0 Å². The molecule has 0 aliphatic carbocycles. The zero-order valence-corrected chi connectivity index (χ0v) is 9.66. The summed E-state index contributed by atoms with van der Waals surface area (Å²) in [5.74, 6) is 0.111. The maximum absolute atomic E-state index is 11.7. The average Bonchev–Trinajstić information content (AvgIpc) is 2.83. The zero-order valence-electron chi connectivity index (χ0n) is 8.84. The number of nitrogens with zero attached hydrogens (tertiary/aromatic N) is 1. The van der Waals surface area contributed by atoms with Crippen molar-refractivity contribution in [2.75, 3.05) is 5.75 Å². The predicted octanol–water partition coefficient (Wildman–Crippen LogP) is 1.87. The van der Waals surface area contributed by atoms with Gasteiger partial charge in [-0.3, -0.25) is 0 Å². The highest BCUT2D eigenvalue weighted by Crippen LogP contribution is 2.20. The van der Waals surface area contributed by atoms with Crippen LogP contribution in [-0.2, 0) is 9.84 Å². The number of sulfone groups is 1. The maximum atomic E-state index is 11.7. The second kappa shape index (κ2) is 4.09. The van der Waals surface area contributed by atoms with Crippen LogP contribution in [0.1, 0.15) is 6.92 Å². The molecule has 1 heterocycles. The van der Waals surface area contributed by atoms with Gasteiger partial charge in [0.05, 0.1) is 28.9 Å². The number of hydrogen-bond donors (Lipinski definition) is 1. The van der Waals surface area contributed by atoms with Gasteiger partial charge in [-0.1, -0.05) is 19.1 Å². The molecule has 2 rings (SSSR count). The summed E-state index contributed by atoms with van der Waals surface area (Å²) < 4.78 is 23.4. The highest BCUT2D eigenvalue weighted by atomic mass is 32.2. The molecular weight excluding hydrogens is 224 g/mol. The van der Waals surface area contributed by atoms with Gasteiger partial charge in [0.15, 0.2) is 9.84 Å². The van der Waals surface area contributed by atoms with Crippen molar-refractivity contribution in [3.63, 3.8) is 0 Å². The molecule has 16 heavy (non-hydrogen) atoms. The first-order valence-electron chi connectivity index (χ1n) is 4.95. The van der Waals surface area contributed by atoms with Crippen LogP contribution >= 0.6 is 0 Å². The van der Waals surface area contributed by atoms with E-state index >= 15 is 0 Å². The number of rotatable bonds is 3. The van der Waals surface area contributed by atoms with Crippen LogP contribution in [0, 0.1) is 0 Å². The first-order chi connectivity index (χ1) is 7.63. The lowest BCUT2D eigenvalue weighted by atomic mass is 10.2. The number of aromatic amines is 1. The van der Waals surface area contributed by atoms with E-state index in [1.165, 1.54) is 0 Å². The van der Waals surface area contributed by atoms with E-state index < -0.39 is 9.84 Å². The van der Waals surface area contributed by atoms with Crippen LogP contribution in [0.25, 0.3) is 11.3 Å². The fraction of sp³-hybridized carbons (Fsp3) is 0.182. The van der Waals surface area contributed by atoms with Gasteiger partial charge in [-0.25, -0.2) is 13.4 Å². The Morgan fingerprint density at radius 3 is 2.81 bits per heavy atom. The summed E-state index contributed by atoms with van der Waals surface area (Å²) in [5.41, 5.74) is 1.64. The molecule has 0 aliphatic rings. The highest BCUT2D eigenvalue weighted by molar-refractivity contribution is 7.91. The van der Waals surface area contributed by atoms with Gasteiger partial charge in [0.25, 0.3) is 0 Å². The lowest BCUT2D eigenvalue weighted by molar-refractivity contribution is 0.597. The number of H-pyrrole nitrogens is 1. The molecule has 0 unspecified atom stereocenters. The summed E-state index contributed by atoms with van der Waals surface area (Å²) >= 11 is 0. The van der Waals surface area contributed by atoms with Gasteiger partial charge in [0.2, 0.25) is 0 Å². The van der Waals surface area contributed by atoms with Crippen LogP contribution in [0.3, 0.4) is 0 Å². The molecule has 0 amide bonds. The molecule has 0 saturated heterocycles. The van der Waals surface area contributed by atoms with E-state index in [2.05, 4.69) is 9.97 Å². The van der Waals surface area contributed by atoms with Gasteiger partial charge in [-0.15, -0.1) is 0 Å². The largest absolute Gasteiger partial charge is 0.345 e. The van der Waals surface area contributed by atoms with Gasteiger partial charge >= 0.3 is 0 Å². The standard InChI is InChI=1S/C11H12N2O2S/c1-2-16(14,15)10-5-3-4-9(6-10)11-7-12-8-13-11/h3-8H,2H2,1H3,(H,12,13). The molecule has 84 valence electrons. The molecule has 1 aromatic heterocycles. The molecule has 0 fully saturated rings. The predicted molar refractivity (Wildman–Crippen MR) is 61.8 cm³/mol. The second-order valence-corrected chi connectivity index (χ2v) is 5.67. The topological polar surface area (TPSA) is 62.8 Å². The molecule has 0 saturated carbocycles. The number of hydrogen-bond acceptors (Lipinski definition) is 3. The van der Waals surface area contributed by atoms with Crippen molar-refractivity contribution >= 4 is 9.84 Å². The highest BCUT2D eigenvalue weighted by Gasteiger charge is 2.12. The number of imidazole rings is 1. The Morgan fingerprint density at radius 1 is 1.38 bits per heavy atom. The van der Waals surface area contributed by atoms with Crippen molar-refractivity contribution < 1.29 is 8.42 Å². The minimum Gasteiger partial charge on any atom is -0.345 e. The van der Waals surface area contributed by atoms with Gasteiger partial charge in [0.1, 0.15) is 0 Å². The monoisotopic (exact) mass is 236 g/mol. The van der Waals surface area contributed by atoms with Crippen molar-refractivity contribution in [3.8, 4) is 11.3 Å².